The Bertz CT molecular complexity index is 327. The lowest BCUT2D eigenvalue weighted by Gasteiger charge is -2.11. The summed E-state index contributed by atoms with van der Waals surface area (Å²) in [6, 6.07) is -0.114. The van der Waals surface area contributed by atoms with Gasteiger partial charge in [-0.25, -0.2) is 0 Å². The molecule has 3 aliphatic rings. The van der Waals surface area contributed by atoms with Gasteiger partial charge in [-0.1, -0.05) is 5.92 Å². The molecule has 3 saturated carbocycles. The predicted molar refractivity (Wildman–Crippen MR) is 57.7 cm³/mol. The zero-order valence-electron chi connectivity index (χ0n) is 9.07. The summed E-state index contributed by atoms with van der Waals surface area (Å²) in [7, 11) is 0. The highest BCUT2D eigenvalue weighted by atomic mass is 16.2. The van der Waals surface area contributed by atoms with Gasteiger partial charge in [0.2, 0.25) is 5.91 Å². The normalized spacial score (nSPS) is 46.8. The zero-order chi connectivity index (χ0) is 10.6. The molecular formula is C13H17NO. The van der Waals surface area contributed by atoms with E-state index in [0.717, 1.165) is 11.8 Å². The summed E-state index contributed by atoms with van der Waals surface area (Å²) in [4.78, 5) is 11.9. The standard InChI is InChI=1S/C13H17NO/c1-3-7(2)14-13(15)12-10-8-4-5-9(6-8)11(10)12/h1,7-12H,4-6H2,2H3,(H,14,15). The molecule has 3 fully saturated rings. The maximum atomic E-state index is 11.9. The van der Waals surface area contributed by atoms with Crippen LogP contribution >= 0.6 is 0 Å². The van der Waals surface area contributed by atoms with E-state index in [4.69, 9.17) is 6.42 Å². The minimum Gasteiger partial charge on any atom is -0.342 e. The van der Waals surface area contributed by atoms with Crippen molar-refractivity contribution in [2.75, 3.05) is 0 Å². The van der Waals surface area contributed by atoms with Crippen molar-refractivity contribution in [1.29, 1.82) is 0 Å². The molecule has 0 aromatic heterocycles. The number of hydrogen-bond acceptors (Lipinski definition) is 1. The van der Waals surface area contributed by atoms with Gasteiger partial charge in [0, 0.05) is 5.92 Å². The van der Waals surface area contributed by atoms with Gasteiger partial charge >= 0.3 is 0 Å². The van der Waals surface area contributed by atoms with Gasteiger partial charge in [-0.3, -0.25) is 4.79 Å². The van der Waals surface area contributed by atoms with Crippen LogP contribution in [0.15, 0.2) is 0 Å². The first-order valence-corrected chi connectivity index (χ1v) is 5.99. The maximum absolute atomic E-state index is 11.9. The molecule has 0 heterocycles. The maximum Gasteiger partial charge on any atom is 0.224 e. The van der Waals surface area contributed by atoms with Gasteiger partial charge in [0.15, 0.2) is 0 Å². The molecule has 1 amide bonds. The third kappa shape index (κ3) is 1.22. The third-order valence-corrected chi connectivity index (χ3v) is 4.65. The van der Waals surface area contributed by atoms with Crippen molar-refractivity contribution >= 4 is 5.91 Å². The first-order valence-electron chi connectivity index (χ1n) is 5.99. The second-order valence-electron chi connectivity index (χ2n) is 5.41. The highest BCUT2D eigenvalue weighted by Crippen LogP contribution is 2.69. The van der Waals surface area contributed by atoms with Crippen molar-refractivity contribution < 1.29 is 4.79 Å². The Morgan fingerprint density at radius 1 is 1.40 bits per heavy atom. The van der Waals surface area contributed by atoms with Gasteiger partial charge in [-0.05, 0) is 49.9 Å². The van der Waals surface area contributed by atoms with Gasteiger partial charge < -0.3 is 5.32 Å². The van der Waals surface area contributed by atoms with Gasteiger partial charge in [-0.15, -0.1) is 6.42 Å². The number of carbonyl (C=O) groups is 1. The Labute approximate surface area is 90.8 Å². The molecule has 2 nitrogen and oxygen atoms in total. The number of fused-ring (bicyclic) bond motifs is 5. The molecule has 0 aliphatic heterocycles. The van der Waals surface area contributed by atoms with Crippen LogP contribution < -0.4 is 5.32 Å². The molecule has 2 bridgehead atoms. The Morgan fingerprint density at radius 3 is 2.53 bits per heavy atom. The van der Waals surface area contributed by atoms with E-state index in [2.05, 4.69) is 11.2 Å². The van der Waals surface area contributed by atoms with Crippen molar-refractivity contribution in [1.82, 2.24) is 5.32 Å². The number of terminal acetylenes is 1. The molecule has 5 atom stereocenters. The van der Waals surface area contributed by atoms with Crippen LogP contribution in [0.1, 0.15) is 26.2 Å². The average Bonchev–Trinajstić information content (AvgIpc) is 2.68. The smallest absolute Gasteiger partial charge is 0.224 e. The summed E-state index contributed by atoms with van der Waals surface area (Å²) in [6.07, 6.45) is 9.37. The summed E-state index contributed by atoms with van der Waals surface area (Å²) < 4.78 is 0. The number of rotatable bonds is 2. The van der Waals surface area contributed by atoms with Gasteiger partial charge in [-0.2, -0.15) is 0 Å². The molecule has 0 aromatic rings. The molecule has 80 valence electrons. The van der Waals surface area contributed by atoms with E-state index in [1.54, 1.807) is 0 Å². The lowest BCUT2D eigenvalue weighted by atomic mass is 10.0. The fraction of sp³-hybridized carbons (Fsp3) is 0.769. The van der Waals surface area contributed by atoms with Crippen molar-refractivity contribution in [3.05, 3.63) is 0 Å². The first kappa shape index (κ1) is 9.27. The lowest BCUT2D eigenvalue weighted by molar-refractivity contribution is -0.123. The zero-order valence-corrected chi connectivity index (χ0v) is 9.07. The predicted octanol–water partition coefficient (Wildman–Crippen LogP) is 1.42. The highest BCUT2D eigenvalue weighted by molar-refractivity contribution is 5.83. The minimum atomic E-state index is -0.114. The monoisotopic (exact) mass is 203 g/mol. The summed E-state index contributed by atoms with van der Waals surface area (Å²) >= 11 is 0. The summed E-state index contributed by atoms with van der Waals surface area (Å²) in [5.41, 5.74) is 0. The van der Waals surface area contributed by atoms with Crippen molar-refractivity contribution in [2.45, 2.75) is 32.2 Å². The quantitative estimate of drug-likeness (QED) is 0.676. The van der Waals surface area contributed by atoms with Crippen LogP contribution in [0.5, 0.6) is 0 Å². The SMILES string of the molecule is C#CC(C)NC(=O)C1C2C3CCC(C3)C12. The lowest BCUT2D eigenvalue weighted by Crippen LogP contribution is -2.34. The molecule has 0 aromatic carbocycles. The molecule has 0 saturated heterocycles. The van der Waals surface area contributed by atoms with Crippen LogP contribution in [-0.2, 0) is 4.79 Å². The van der Waals surface area contributed by atoms with E-state index < -0.39 is 0 Å². The van der Waals surface area contributed by atoms with E-state index >= 15 is 0 Å². The molecule has 3 rings (SSSR count). The van der Waals surface area contributed by atoms with E-state index in [9.17, 15) is 4.79 Å². The Hall–Kier alpha value is -0.970. The van der Waals surface area contributed by atoms with Crippen LogP contribution in [0.25, 0.3) is 0 Å². The number of nitrogens with one attached hydrogen (secondary N) is 1. The number of hydrogen-bond donors (Lipinski definition) is 1. The van der Waals surface area contributed by atoms with Crippen LogP contribution in [0.4, 0.5) is 0 Å². The Morgan fingerprint density at radius 2 is 2.00 bits per heavy atom. The Kier molecular flexibility index (Phi) is 1.86. The van der Waals surface area contributed by atoms with Gasteiger partial charge in [0.1, 0.15) is 0 Å². The molecule has 5 unspecified atom stereocenters. The largest absolute Gasteiger partial charge is 0.342 e. The van der Waals surface area contributed by atoms with Gasteiger partial charge in [0.05, 0.1) is 6.04 Å². The second kappa shape index (κ2) is 3.01. The van der Waals surface area contributed by atoms with E-state index in [1.165, 1.54) is 19.3 Å². The van der Waals surface area contributed by atoms with Crippen LogP contribution in [-0.4, -0.2) is 11.9 Å². The summed E-state index contributed by atoms with van der Waals surface area (Å²) in [5, 5.41) is 2.91. The molecule has 1 N–H and O–H groups in total. The van der Waals surface area contributed by atoms with Crippen molar-refractivity contribution in [3.8, 4) is 12.3 Å². The summed E-state index contributed by atoms with van der Waals surface area (Å²) in [5.74, 6) is 6.23. The van der Waals surface area contributed by atoms with E-state index in [-0.39, 0.29) is 11.9 Å². The first-order chi connectivity index (χ1) is 7.22. The van der Waals surface area contributed by atoms with Crippen LogP contribution in [0.3, 0.4) is 0 Å². The fourth-order valence-corrected chi connectivity index (χ4v) is 4.03. The fourth-order valence-electron chi connectivity index (χ4n) is 4.03. The number of amides is 1. The molecule has 0 spiro atoms. The molecule has 0 radical (unpaired) electrons. The average molecular weight is 203 g/mol. The highest BCUT2D eigenvalue weighted by Gasteiger charge is 2.67. The molecule has 15 heavy (non-hydrogen) atoms. The van der Waals surface area contributed by atoms with Crippen molar-refractivity contribution in [2.24, 2.45) is 29.6 Å². The van der Waals surface area contributed by atoms with Gasteiger partial charge in [0.25, 0.3) is 0 Å². The summed E-state index contributed by atoms with van der Waals surface area (Å²) in [6.45, 7) is 1.87. The molecular weight excluding hydrogens is 186 g/mol. The van der Waals surface area contributed by atoms with E-state index in [0.29, 0.717) is 17.8 Å². The number of carbonyl (C=O) groups excluding carboxylic acids is 1. The minimum absolute atomic E-state index is 0.114. The Balaban J connectivity index is 1.63. The van der Waals surface area contributed by atoms with Crippen molar-refractivity contribution in [3.63, 3.8) is 0 Å². The molecule has 3 aliphatic carbocycles. The van der Waals surface area contributed by atoms with Crippen LogP contribution in [0, 0.1) is 41.9 Å². The van der Waals surface area contributed by atoms with Crippen LogP contribution in [0.2, 0.25) is 0 Å². The second-order valence-corrected chi connectivity index (χ2v) is 5.41. The molecule has 2 heteroatoms. The third-order valence-electron chi connectivity index (χ3n) is 4.65. The topological polar surface area (TPSA) is 29.1 Å². The van der Waals surface area contributed by atoms with E-state index in [1.807, 2.05) is 6.92 Å².